The first-order valence-electron chi connectivity index (χ1n) is 6.67. The molecule has 0 aromatic heterocycles. The maximum absolute atomic E-state index is 11.9. The smallest absolute Gasteiger partial charge is 0.236 e. The number of carbonyl (C=O) groups is 1. The lowest BCUT2D eigenvalue weighted by Gasteiger charge is -2.32. The number of para-hydroxylation sites is 1. The van der Waals surface area contributed by atoms with Gasteiger partial charge in [-0.2, -0.15) is 0 Å². The lowest BCUT2D eigenvalue weighted by atomic mass is 9.98. The number of rotatable bonds is 6. The highest BCUT2D eigenvalue weighted by Crippen LogP contribution is 2.30. The first-order chi connectivity index (χ1) is 9.38. The van der Waals surface area contributed by atoms with E-state index in [2.05, 4.69) is 0 Å². The molecule has 1 aromatic carbocycles. The molecule has 0 aliphatic heterocycles. The molecule has 2 N–H and O–H groups in total. The molecule has 2 unspecified atom stereocenters. The SMILES string of the molecule is COc1ccccc1C(C(C)N)N(C)CC(=O)N(C)C. The van der Waals surface area contributed by atoms with E-state index in [0.717, 1.165) is 11.3 Å². The molecule has 0 aliphatic carbocycles. The number of ether oxygens (including phenoxy) is 1. The zero-order valence-corrected chi connectivity index (χ0v) is 13.0. The third-order valence-corrected chi connectivity index (χ3v) is 3.31. The van der Waals surface area contributed by atoms with Crippen molar-refractivity contribution in [1.82, 2.24) is 9.80 Å². The van der Waals surface area contributed by atoms with Crippen molar-refractivity contribution in [2.45, 2.75) is 19.0 Å². The van der Waals surface area contributed by atoms with Crippen LogP contribution in [0.25, 0.3) is 0 Å². The number of likely N-dealkylation sites (N-methyl/N-ethyl adjacent to an activating group) is 2. The molecule has 2 atom stereocenters. The molecule has 0 heterocycles. The average Bonchev–Trinajstić information content (AvgIpc) is 2.38. The third-order valence-electron chi connectivity index (χ3n) is 3.31. The number of hydrogen-bond donors (Lipinski definition) is 1. The van der Waals surface area contributed by atoms with Gasteiger partial charge in [-0.25, -0.2) is 0 Å². The van der Waals surface area contributed by atoms with Gasteiger partial charge in [0.15, 0.2) is 0 Å². The van der Waals surface area contributed by atoms with Gasteiger partial charge < -0.3 is 15.4 Å². The summed E-state index contributed by atoms with van der Waals surface area (Å²) in [7, 11) is 7.05. The van der Waals surface area contributed by atoms with Gasteiger partial charge in [0.2, 0.25) is 5.91 Å². The van der Waals surface area contributed by atoms with Crippen molar-refractivity contribution in [2.24, 2.45) is 5.73 Å². The minimum atomic E-state index is -0.119. The number of carbonyl (C=O) groups excluding carboxylic acids is 1. The van der Waals surface area contributed by atoms with E-state index in [0.29, 0.717) is 6.54 Å². The maximum atomic E-state index is 11.9. The van der Waals surface area contributed by atoms with Crippen LogP contribution >= 0.6 is 0 Å². The van der Waals surface area contributed by atoms with Gasteiger partial charge in [-0.15, -0.1) is 0 Å². The molecule has 1 amide bonds. The first-order valence-corrected chi connectivity index (χ1v) is 6.67. The molecule has 0 fully saturated rings. The second kappa shape index (κ2) is 7.26. The van der Waals surface area contributed by atoms with Crippen LogP contribution in [-0.4, -0.2) is 56.5 Å². The molecule has 0 spiro atoms. The molecule has 0 radical (unpaired) electrons. The maximum Gasteiger partial charge on any atom is 0.236 e. The Morgan fingerprint density at radius 2 is 1.90 bits per heavy atom. The second-order valence-corrected chi connectivity index (χ2v) is 5.25. The summed E-state index contributed by atoms with van der Waals surface area (Å²) in [4.78, 5) is 15.4. The highest BCUT2D eigenvalue weighted by Gasteiger charge is 2.25. The number of nitrogens with zero attached hydrogens (tertiary/aromatic N) is 2. The van der Waals surface area contributed by atoms with Gasteiger partial charge in [-0.1, -0.05) is 18.2 Å². The van der Waals surface area contributed by atoms with E-state index in [1.807, 2.05) is 43.1 Å². The fraction of sp³-hybridized carbons (Fsp3) is 0.533. The zero-order valence-electron chi connectivity index (χ0n) is 13.0. The van der Waals surface area contributed by atoms with Gasteiger partial charge >= 0.3 is 0 Å². The third kappa shape index (κ3) is 3.95. The molecule has 0 saturated heterocycles. The Bertz CT molecular complexity index is 446. The van der Waals surface area contributed by atoms with Crippen LogP contribution in [0.4, 0.5) is 0 Å². The summed E-state index contributed by atoms with van der Waals surface area (Å²) in [6, 6.07) is 7.58. The molecule has 0 saturated carbocycles. The Morgan fingerprint density at radius 1 is 1.30 bits per heavy atom. The van der Waals surface area contributed by atoms with E-state index in [1.165, 1.54) is 0 Å². The molecular formula is C15H25N3O2. The van der Waals surface area contributed by atoms with Gasteiger partial charge in [-0.05, 0) is 20.0 Å². The molecular weight excluding hydrogens is 254 g/mol. The Balaban J connectivity index is 3.02. The number of methoxy groups -OCH3 is 1. The van der Waals surface area contributed by atoms with Crippen molar-refractivity contribution < 1.29 is 9.53 Å². The zero-order chi connectivity index (χ0) is 15.3. The Kier molecular flexibility index (Phi) is 5.98. The second-order valence-electron chi connectivity index (χ2n) is 5.25. The van der Waals surface area contributed by atoms with Crippen LogP contribution in [0, 0.1) is 0 Å². The fourth-order valence-corrected chi connectivity index (χ4v) is 2.29. The van der Waals surface area contributed by atoms with Crippen LogP contribution < -0.4 is 10.5 Å². The number of nitrogens with two attached hydrogens (primary N) is 1. The number of hydrogen-bond acceptors (Lipinski definition) is 4. The summed E-state index contributed by atoms with van der Waals surface area (Å²) in [5.74, 6) is 0.840. The molecule has 1 rings (SSSR count). The minimum Gasteiger partial charge on any atom is -0.496 e. The predicted molar refractivity (Wildman–Crippen MR) is 80.7 cm³/mol. The summed E-state index contributed by atoms with van der Waals surface area (Å²) in [6.45, 7) is 2.25. The van der Waals surface area contributed by atoms with E-state index in [4.69, 9.17) is 10.5 Å². The molecule has 5 nitrogen and oxygen atoms in total. The van der Waals surface area contributed by atoms with Gasteiger partial charge in [0.1, 0.15) is 5.75 Å². The van der Waals surface area contributed by atoms with Crippen LogP contribution in [0.2, 0.25) is 0 Å². The number of amides is 1. The molecule has 0 bridgehead atoms. The average molecular weight is 279 g/mol. The molecule has 5 heteroatoms. The van der Waals surface area contributed by atoms with Gasteiger partial charge in [0.05, 0.1) is 19.7 Å². The van der Waals surface area contributed by atoms with E-state index in [9.17, 15) is 4.79 Å². The monoisotopic (exact) mass is 279 g/mol. The summed E-state index contributed by atoms with van der Waals surface area (Å²) in [6.07, 6.45) is 0. The molecule has 0 aliphatic rings. The van der Waals surface area contributed by atoms with Crippen molar-refractivity contribution in [2.75, 3.05) is 34.8 Å². The van der Waals surface area contributed by atoms with Crippen LogP contribution in [-0.2, 0) is 4.79 Å². The Hall–Kier alpha value is -1.59. The first kappa shape index (κ1) is 16.5. The largest absolute Gasteiger partial charge is 0.496 e. The fourth-order valence-electron chi connectivity index (χ4n) is 2.29. The summed E-state index contributed by atoms with van der Waals surface area (Å²) in [5.41, 5.74) is 7.12. The molecule has 1 aromatic rings. The quantitative estimate of drug-likeness (QED) is 0.847. The van der Waals surface area contributed by atoms with E-state index in [1.54, 1.807) is 26.1 Å². The van der Waals surface area contributed by atoms with Crippen molar-refractivity contribution in [3.05, 3.63) is 29.8 Å². The lowest BCUT2D eigenvalue weighted by Crippen LogP contribution is -2.42. The van der Waals surface area contributed by atoms with E-state index in [-0.39, 0.29) is 18.0 Å². The van der Waals surface area contributed by atoms with Crippen molar-refractivity contribution >= 4 is 5.91 Å². The lowest BCUT2D eigenvalue weighted by molar-refractivity contribution is -0.130. The van der Waals surface area contributed by atoms with Gasteiger partial charge in [0, 0.05) is 25.7 Å². The number of benzene rings is 1. The molecule has 112 valence electrons. The van der Waals surface area contributed by atoms with Crippen molar-refractivity contribution in [3.8, 4) is 5.75 Å². The van der Waals surface area contributed by atoms with Crippen molar-refractivity contribution in [3.63, 3.8) is 0 Å². The topological polar surface area (TPSA) is 58.8 Å². The summed E-state index contributed by atoms with van der Waals surface area (Å²) < 4.78 is 5.40. The normalized spacial score (nSPS) is 13.9. The predicted octanol–water partition coefficient (Wildman–Crippen LogP) is 1.10. The highest BCUT2D eigenvalue weighted by atomic mass is 16.5. The highest BCUT2D eigenvalue weighted by molar-refractivity contribution is 5.77. The van der Waals surface area contributed by atoms with Crippen LogP contribution in [0.1, 0.15) is 18.5 Å². The standard InChI is InChI=1S/C15H25N3O2/c1-11(16)15(18(4)10-14(19)17(2)3)12-8-6-7-9-13(12)20-5/h6-9,11,15H,10,16H2,1-5H3. The van der Waals surface area contributed by atoms with Gasteiger partial charge in [0.25, 0.3) is 0 Å². The Labute approximate surface area is 121 Å². The Morgan fingerprint density at radius 3 is 2.40 bits per heavy atom. The van der Waals surface area contributed by atoms with E-state index < -0.39 is 0 Å². The molecule has 20 heavy (non-hydrogen) atoms. The van der Waals surface area contributed by atoms with Crippen LogP contribution in [0.3, 0.4) is 0 Å². The van der Waals surface area contributed by atoms with Crippen LogP contribution in [0.15, 0.2) is 24.3 Å². The van der Waals surface area contributed by atoms with Crippen molar-refractivity contribution in [1.29, 1.82) is 0 Å². The summed E-state index contributed by atoms with van der Waals surface area (Å²) >= 11 is 0. The minimum absolute atomic E-state index is 0.0491. The van der Waals surface area contributed by atoms with Crippen LogP contribution in [0.5, 0.6) is 5.75 Å². The summed E-state index contributed by atoms with van der Waals surface area (Å²) in [5, 5.41) is 0. The van der Waals surface area contributed by atoms with E-state index >= 15 is 0 Å². The van der Waals surface area contributed by atoms with Gasteiger partial charge in [-0.3, -0.25) is 9.69 Å².